The highest BCUT2D eigenvalue weighted by Crippen LogP contribution is 2.25. The van der Waals surface area contributed by atoms with Gasteiger partial charge in [0, 0.05) is 31.9 Å². The lowest BCUT2D eigenvalue weighted by atomic mass is 10.1. The Labute approximate surface area is 181 Å². The highest BCUT2D eigenvalue weighted by Gasteiger charge is 2.29. The van der Waals surface area contributed by atoms with Crippen molar-refractivity contribution in [2.24, 2.45) is 0 Å². The number of pyridine rings is 1. The standard InChI is InChI=1S/C22H27ClN6O/c1-3-4-6-16-8-9-18-19(13-16)26-21(25-18)27-22(30)29-12-11-28(14-15(29)2)20-17(23)7-5-10-24-20/h5,7-10,13,15H,3-4,6,11-12,14H2,1-2H3,(H2,25,26,27,30)/t15-/m0/s1. The number of benzene rings is 1. The maximum atomic E-state index is 12.9. The highest BCUT2D eigenvalue weighted by atomic mass is 35.5. The van der Waals surface area contributed by atoms with Crippen LogP contribution < -0.4 is 10.2 Å². The van der Waals surface area contributed by atoms with Crippen molar-refractivity contribution in [1.82, 2.24) is 19.9 Å². The minimum Gasteiger partial charge on any atom is -0.352 e. The molecule has 0 spiro atoms. The van der Waals surface area contributed by atoms with Crippen LogP contribution in [0.4, 0.5) is 16.6 Å². The number of aromatic amines is 1. The number of rotatable bonds is 5. The molecule has 1 aromatic carbocycles. The van der Waals surface area contributed by atoms with Gasteiger partial charge in [-0.25, -0.2) is 14.8 Å². The second-order valence-electron chi connectivity index (χ2n) is 7.77. The van der Waals surface area contributed by atoms with Crippen molar-refractivity contribution in [3.63, 3.8) is 0 Å². The van der Waals surface area contributed by atoms with E-state index in [-0.39, 0.29) is 12.1 Å². The van der Waals surface area contributed by atoms with Gasteiger partial charge in [-0.1, -0.05) is 31.0 Å². The second kappa shape index (κ2) is 8.92. The number of fused-ring (bicyclic) bond motifs is 1. The van der Waals surface area contributed by atoms with Gasteiger partial charge < -0.3 is 14.8 Å². The van der Waals surface area contributed by atoms with Gasteiger partial charge in [0.25, 0.3) is 0 Å². The summed E-state index contributed by atoms with van der Waals surface area (Å²) in [6.45, 7) is 6.15. The van der Waals surface area contributed by atoms with Gasteiger partial charge >= 0.3 is 6.03 Å². The average molecular weight is 427 g/mol. The van der Waals surface area contributed by atoms with E-state index in [0.717, 1.165) is 29.7 Å². The largest absolute Gasteiger partial charge is 0.352 e. The number of nitrogens with one attached hydrogen (secondary N) is 2. The first-order valence-corrected chi connectivity index (χ1v) is 10.8. The Hall–Kier alpha value is -2.80. The van der Waals surface area contributed by atoms with E-state index < -0.39 is 0 Å². The van der Waals surface area contributed by atoms with Crippen molar-refractivity contribution < 1.29 is 4.79 Å². The smallest absolute Gasteiger partial charge is 0.324 e. The van der Waals surface area contributed by atoms with Gasteiger partial charge in [0.1, 0.15) is 5.82 Å². The molecule has 158 valence electrons. The van der Waals surface area contributed by atoms with Crippen LogP contribution in [0.25, 0.3) is 11.0 Å². The van der Waals surface area contributed by atoms with Crippen molar-refractivity contribution in [3.05, 3.63) is 47.1 Å². The molecule has 1 saturated heterocycles. The van der Waals surface area contributed by atoms with Crippen LogP contribution >= 0.6 is 11.6 Å². The number of unbranched alkanes of at least 4 members (excludes halogenated alkanes) is 1. The van der Waals surface area contributed by atoms with Gasteiger partial charge in [-0.3, -0.25) is 5.32 Å². The van der Waals surface area contributed by atoms with E-state index in [2.05, 4.69) is 44.2 Å². The topological polar surface area (TPSA) is 77.2 Å². The number of carbonyl (C=O) groups is 1. The van der Waals surface area contributed by atoms with Crippen LogP contribution in [-0.2, 0) is 6.42 Å². The Balaban J connectivity index is 1.41. The molecule has 4 rings (SSSR count). The molecule has 2 N–H and O–H groups in total. The van der Waals surface area contributed by atoms with E-state index in [4.69, 9.17) is 11.6 Å². The Morgan fingerprint density at radius 1 is 1.33 bits per heavy atom. The summed E-state index contributed by atoms with van der Waals surface area (Å²) in [5.74, 6) is 1.24. The third-order valence-electron chi connectivity index (χ3n) is 5.52. The summed E-state index contributed by atoms with van der Waals surface area (Å²) in [6, 6.07) is 9.74. The van der Waals surface area contributed by atoms with Crippen molar-refractivity contribution >= 4 is 40.4 Å². The third kappa shape index (κ3) is 4.36. The molecule has 3 heterocycles. The summed E-state index contributed by atoms with van der Waals surface area (Å²) in [7, 11) is 0. The Bertz CT molecular complexity index is 1040. The summed E-state index contributed by atoms with van der Waals surface area (Å²) in [5.41, 5.74) is 3.08. The number of imidazole rings is 1. The summed E-state index contributed by atoms with van der Waals surface area (Å²) >= 11 is 6.28. The van der Waals surface area contributed by atoms with Crippen LogP contribution in [0.3, 0.4) is 0 Å². The number of carbonyl (C=O) groups excluding carboxylic acids is 1. The van der Waals surface area contributed by atoms with Crippen LogP contribution in [0, 0.1) is 0 Å². The Kier molecular flexibility index (Phi) is 6.08. The monoisotopic (exact) mass is 426 g/mol. The number of halogens is 1. The molecule has 0 aliphatic carbocycles. The summed E-state index contributed by atoms with van der Waals surface area (Å²) in [4.78, 5) is 28.9. The lowest BCUT2D eigenvalue weighted by molar-refractivity contribution is 0.184. The molecule has 8 heteroatoms. The number of amides is 2. The minimum atomic E-state index is -0.153. The quantitative estimate of drug-likeness (QED) is 0.620. The predicted octanol–water partition coefficient (Wildman–Crippen LogP) is 4.70. The van der Waals surface area contributed by atoms with E-state index in [0.29, 0.717) is 30.6 Å². The third-order valence-corrected chi connectivity index (χ3v) is 5.81. The zero-order chi connectivity index (χ0) is 21.1. The number of hydrogen-bond acceptors (Lipinski definition) is 4. The molecule has 0 radical (unpaired) electrons. The number of nitrogens with zero attached hydrogens (tertiary/aromatic N) is 4. The molecular formula is C22H27ClN6O. The van der Waals surface area contributed by atoms with E-state index in [1.165, 1.54) is 12.0 Å². The van der Waals surface area contributed by atoms with Crippen molar-refractivity contribution in [2.75, 3.05) is 29.9 Å². The lowest BCUT2D eigenvalue weighted by Gasteiger charge is -2.40. The van der Waals surface area contributed by atoms with Crippen LogP contribution in [0.1, 0.15) is 32.3 Å². The number of H-pyrrole nitrogens is 1. The van der Waals surface area contributed by atoms with Crippen LogP contribution in [-0.4, -0.2) is 51.6 Å². The molecule has 1 fully saturated rings. The lowest BCUT2D eigenvalue weighted by Crippen LogP contribution is -2.55. The van der Waals surface area contributed by atoms with E-state index in [9.17, 15) is 4.79 Å². The summed E-state index contributed by atoms with van der Waals surface area (Å²) in [5, 5.41) is 3.55. The Morgan fingerprint density at radius 2 is 2.20 bits per heavy atom. The average Bonchev–Trinajstić information content (AvgIpc) is 3.13. The molecule has 1 aliphatic heterocycles. The molecule has 1 aliphatic rings. The van der Waals surface area contributed by atoms with Crippen molar-refractivity contribution in [2.45, 2.75) is 39.2 Å². The summed E-state index contributed by atoms with van der Waals surface area (Å²) in [6.07, 6.45) is 5.12. The highest BCUT2D eigenvalue weighted by molar-refractivity contribution is 6.32. The molecule has 7 nitrogen and oxygen atoms in total. The fourth-order valence-electron chi connectivity index (χ4n) is 3.89. The first-order valence-electron chi connectivity index (χ1n) is 10.5. The number of aromatic nitrogens is 3. The number of piperazine rings is 1. The zero-order valence-electron chi connectivity index (χ0n) is 17.4. The molecule has 1 atom stereocenters. The van der Waals surface area contributed by atoms with Crippen LogP contribution in [0.2, 0.25) is 5.02 Å². The van der Waals surface area contributed by atoms with Crippen molar-refractivity contribution in [1.29, 1.82) is 0 Å². The first-order chi connectivity index (χ1) is 14.5. The summed E-state index contributed by atoms with van der Waals surface area (Å²) < 4.78 is 0. The number of anilines is 2. The molecule has 0 saturated carbocycles. The number of hydrogen-bond donors (Lipinski definition) is 2. The maximum Gasteiger partial charge on any atom is 0.324 e. The maximum absolute atomic E-state index is 12.9. The van der Waals surface area contributed by atoms with E-state index in [1.54, 1.807) is 6.20 Å². The molecular weight excluding hydrogens is 400 g/mol. The molecule has 2 aromatic heterocycles. The van der Waals surface area contributed by atoms with Gasteiger partial charge in [-0.15, -0.1) is 0 Å². The van der Waals surface area contributed by atoms with Crippen LogP contribution in [0.5, 0.6) is 0 Å². The van der Waals surface area contributed by atoms with E-state index >= 15 is 0 Å². The van der Waals surface area contributed by atoms with Gasteiger partial charge in [0.05, 0.1) is 16.1 Å². The van der Waals surface area contributed by atoms with Crippen LogP contribution in [0.15, 0.2) is 36.5 Å². The predicted molar refractivity (Wildman–Crippen MR) is 121 cm³/mol. The fraction of sp³-hybridized carbons (Fsp3) is 0.409. The first kappa shape index (κ1) is 20.5. The number of urea groups is 1. The zero-order valence-corrected chi connectivity index (χ0v) is 18.1. The van der Waals surface area contributed by atoms with Gasteiger partial charge in [-0.2, -0.15) is 0 Å². The Morgan fingerprint density at radius 3 is 2.97 bits per heavy atom. The molecule has 2 amide bonds. The molecule has 0 bridgehead atoms. The molecule has 3 aromatic rings. The normalized spacial score (nSPS) is 16.8. The molecule has 30 heavy (non-hydrogen) atoms. The number of aryl methyl sites for hydroxylation is 1. The van der Waals surface area contributed by atoms with E-state index in [1.807, 2.05) is 30.0 Å². The minimum absolute atomic E-state index is 0.0156. The van der Waals surface area contributed by atoms with Gasteiger partial charge in [0.15, 0.2) is 0 Å². The second-order valence-corrected chi connectivity index (χ2v) is 8.18. The van der Waals surface area contributed by atoms with Gasteiger partial charge in [-0.05, 0) is 49.6 Å². The fourth-order valence-corrected chi connectivity index (χ4v) is 4.13. The van der Waals surface area contributed by atoms with Crippen molar-refractivity contribution in [3.8, 4) is 0 Å². The SMILES string of the molecule is CCCCc1ccc2nc(NC(=O)N3CCN(c4ncccc4Cl)C[C@@H]3C)[nH]c2c1. The van der Waals surface area contributed by atoms with Gasteiger partial charge in [0.2, 0.25) is 5.95 Å². The molecule has 0 unspecified atom stereocenters.